The van der Waals surface area contributed by atoms with Crippen LogP contribution in [0.4, 0.5) is 5.69 Å². The van der Waals surface area contributed by atoms with Crippen molar-refractivity contribution in [1.29, 1.82) is 0 Å². The lowest BCUT2D eigenvalue weighted by molar-refractivity contribution is -0.113. The van der Waals surface area contributed by atoms with Crippen molar-refractivity contribution in [2.75, 3.05) is 11.1 Å². The number of carbonyl (C=O) groups is 2. The predicted molar refractivity (Wildman–Crippen MR) is 129 cm³/mol. The van der Waals surface area contributed by atoms with Crippen LogP contribution in [-0.2, 0) is 4.79 Å². The number of carbonyl (C=O) groups excluding carboxylic acids is 2. The molecule has 0 aliphatic carbocycles. The van der Waals surface area contributed by atoms with Crippen LogP contribution >= 0.6 is 23.4 Å². The predicted octanol–water partition coefficient (Wildman–Crippen LogP) is 4.88. The zero-order chi connectivity index (χ0) is 23.3. The van der Waals surface area contributed by atoms with Crippen LogP contribution in [0.5, 0.6) is 0 Å². The number of rotatable bonds is 8. The molecule has 3 rings (SSSR count). The molecule has 1 aromatic heterocycles. The standard InChI is InChI=1S/C23H26ClN5O2S/c1-5-23(3,4)27-21(31)16-7-9-17(10-8-16)26-20(30)13-32-22-28-25-14-29(22)18-11-6-15(2)19(24)12-18/h6-12,14H,5,13H2,1-4H3,(H,26,30)(H,27,31). The number of amides is 2. The normalized spacial score (nSPS) is 11.3. The number of halogens is 1. The van der Waals surface area contributed by atoms with Crippen molar-refractivity contribution in [2.24, 2.45) is 0 Å². The van der Waals surface area contributed by atoms with Gasteiger partial charge in [0.2, 0.25) is 5.91 Å². The molecule has 2 aromatic carbocycles. The van der Waals surface area contributed by atoms with Crippen LogP contribution in [0.25, 0.3) is 5.69 Å². The Bertz CT molecular complexity index is 1110. The Labute approximate surface area is 197 Å². The van der Waals surface area contributed by atoms with Gasteiger partial charge in [0.25, 0.3) is 5.91 Å². The second-order valence-electron chi connectivity index (χ2n) is 8.02. The number of thioether (sulfide) groups is 1. The van der Waals surface area contributed by atoms with E-state index < -0.39 is 0 Å². The van der Waals surface area contributed by atoms with Crippen molar-refractivity contribution in [1.82, 2.24) is 20.1 Å². The number of aromatic nitrogens is 3. The van der Waals surface area contributed by atoms with Gasteiger partial charge in [-0.15, -0.1) is 10.2 Å². The van der Waals surface area contributed by atoms with E-state index in [1.165, 1.54) is 11.8 Å². The van der Waals surface area contributed by atoms with E-state index in [1.807, 2.05) is 45.9 Å². The first-order valence-electron chi connectivity index (χ1n) is 10.2. The Morgan fingerprint density at radius 1 is 1.16 bits per heavy atom. The highest BCUT2D eigenvalue weighted by molar-refractivity contribution is 7.99. The van der Waals surface area contributed by atoms with Crippen molar-refractivity contribution >= 4 is 40.9 Å². The van der Waals surface area contributed by atoms with E-state index >= 15 is 0 Å². The summed E-state index contributed by atoms with van der Waals surface area (Å²) in [7, 11) is 0. The van der Waals surface area contributed by atoms with Crippen molar-refractivity contribution in [3.63, 3.8) is 0 Å². The largest absolute Gasteiger partial charge is 0.347 e. The van der Waals surface area contributed by atoms with Gasteiger partial charge in [-0.2, -0.15) is 0 Å². The van der Waals surface area contributed by atoms with Crippen LogP contribution in [-0.4, -0.2) is 37.9 Å². The molecule has 0 saturated heterocycles. The van der Waals surface area contributed by atoms with E-state index in [0.29, 0.717) is 21.4 Å². The van der Waals surface area contributed by atoms with E-state index in [9.17, 15) is 9.59 Å². The molecule has 168 valence electrons. The van der Waals surface area contributed by atoms with Gasteiger partial charge in [0.15, 0.2) is 5.16 Å². The summed E-state index contributed by atoms with van der Waals surface area (Å²) in [6.45, 7) is 7.91. The Balaban J connectivity index is 1.57. The average Bonchev–Trinajstić information content (AvgIpc) is 3.23. The van der Waals surface area contributed by atoms with Gasteiger partial charge in [-0.3, -0.25) is 14.2 Å². The average molecular weight is 472 g/mol. The zero-order valence-corrected chi connectivity index (χ0v) is 20.0. The van der Waals surface area contributed by atoms with Crippen molar-refractivity contribution in [3.05, 3.63) is 64.9 Å². The van der Waals surface area contributed by atoms with Gasteiger partial charge in [0.1, 0.15) is 6.33 Å². The van der Waals surface area contributed by atoms with Crippen LogP contribution in [0.2, 0.25) is 5.02 Å². The molecule has 32 heavy (non-hydrogen) atoms. The summed E-state index contributed by atoms with van der Waals surface area (Å²) in [6.07, 6.45) is 2.42. The summed E-state index contributed by atoms with van der Waals surface area (Å²) in [5.41, 5.74) is 2.70. The minimum atomic E-state index is -0.272. The van der Waals surface area contributed by atoms with E-state index in [4.69, 9.17) is 11.6 Å². The number of nitrogens with zero attached hydrogens (tertiary/aromatic N) is 3. The summed E-state index contributed by atoms with van der Waals surface area (Å²) < 4.78 is 1.79. The third-order valence-electron chi connectivity index (χ3n) is 5.05. The Hall–Kier alpha value is -2.84. The van der Waals surface area contributed by atoms with E-state index in [-0.39, 0.29) is 23.1 Å². The van der Waals surface area contributed by atoms with Crippen LogP contribution in [0.1, 0.15) is 43.1 Å². The fourth-order valence-electron chi connectivity index (χ4n) is 2.73. The second-order valence-corrected chi connectivity index (χ2v) is 9.37. The maximum atomic E-state index is 12.4. The summed E-state index contributed by atoms with van der Waals surface area (Å²) in [4.78, 5) is 24.8. The highest BCUT2D eigenvalue weighted by Gasteiger charge is 2.19. The molecule has 1 heterocycles. The Morgan fingerprint density at radius 2 is 1.88 bits per heavy atom. The molecule has 0 fully saturated rings. The molecule has 0 saturated carbocycles. The summed E-state index contributed by atoms with van der Waals surface area (Å²) in [5.74, 6) is -0.165. The van der Waals surface area contributed by atoms with Gasteiger partial charge < -0.3 is 10.6 Å². The third-order valence-corrected chi connectivity index (χ3v) is 6.40. The van der Waals surface area contributed by atoms with Crippen LogP contribution in [0.3, 0.4) is 0 Å². The molecule has 3 aromatic rings. The number of anilines is 1. The molecular weight excluding hydrogens is 446 g/mol. The van der Waals surface area contributed by atoms with Gasteiger partial charge >= 0.3 is 0 Å². The number of nitrogens with one attached hydrogen (secondary N) is 2. The first kappa shape index (κ1) is 23.8. The molecule has 0 aliphatic heterocycles. The van der Waals surface area contributed by atoms with Crippen molar-refractivity contribution in [2.45, 2.75) is 44.8 Å². The molecule has 9 heteroatoms. The summed E-state index contributed by atoms with van der Waals surface area (Å²) in [6, 6.07) is 12.5. The molecule has 0 aliphatic rings. The number of benzene rings is 2. The van der Waals surface area contributed by atoms with Gasteiger partial charge in [-0.25, -0.2) is 0 Å². The molecule has 2 N–H and O–H groups in total. The molecule has 0 bridgehead atoms. The lowest BCUT2D eigenvalue weighted by Gasteiger charge is -2.24. The molecule has 7 nitrogen and oxygen atoms in total. The first-order valence-corrected chi connectivity index (χ1v) is 11.6. The molecule has 0 radical (unpaired) electrons. The molecular formula is C23H26ClN5O2S. The molecule has 2 amide bonds. The minimum Gasteiger partial charge on any atom is -0.347 e. The fourth-order valence-corrected chi connectivity index (χ4v) is 3.64. The topological polar surface area (TPSA) is 88.9 Å². The Morgan fingerprint density at radius 3 is 2.53 bits per heavy atom. The lowest BCUT2D eigenvalue weighted by atomic mass is 10.0. The second kappa shape index (κ2) is 10.2. The smallest absolute Gasteiger partial charge is 0.251 e. The quantitative estimate of drug-likeness (QED) is 0.457. The zero-order valence-electron chi connectivity index (χ0n) is 18.5. The highest BCUT2D eigenvalue weighted by atomic mass is 35.5. The van der Waals surface area contributed by atoms with Crippen LogP contribution in [0.15, 0.2) is 53.9 Å². The Kier molecular flexibility index (Phi) is 7.58. The van der Waals surface area contributed by atoms with Crippen LogP contribution in [0, 0.1) is 6.92 Å². The maximum Gasteiger partial charge on any atom is 0.251 e. The minimum absolute atomic E-state index is 0.138. The number of aryl methyl sites for hydroxylation is 1. The molecule has 0 atom stereocenters. The van der Waals surface area contributed by atoms with Crippen molar-refractivity contribution < 1.29 is 9.59 Å². The molecule has 0 spiro atoms. The van der Waals surface area contributed by atoms with Crippen molar-refractivity contribution in [3.8, 4) is 5.69 Å². The molecule has 0 unspecified atom stereocenters. The van der Waals surface area contributed by atoms with E-state index in [2.05, 4.69) is 20.8 Å². The maximum absolute atomic E-state index is 12.4. The van der Waals surface area contributed by atoms with Gasteiger partial charge in [-0.1, -0.05) is 36.4 Å². The fraction of sp³-hybridized carbons (Fsp3) is 0.304. The summed E-state index contributed by atoms with van der Waals surface area (Å²) >= 11 is 7.49. The van der Waals surface area contributed by atoms with Gasteiger partial charge in [0, 0.05) is 21.8 Å². The van der Waals surface area contributed by atoms with Gasteiger partial charge in [-0.05, 0) is 69.2 Å². The highest BCUT2D eigenvalue weighted by Crippen LogP contribution is 2.24. The van der Waals surface area contributed by atoms with Crippen LogP contribution < -0.4 is 10.6 Å². The number of hydrogen-bond donors (Lipinski definition) is 2. The SMILES string of the molecule is CCC(C)(C)NC(=O)c1ccc(NC(=O)CSc2nncn2-c2ccc(C)c(Cl)c2)cc1. The van der Waals surface area contributed by atoms with Gasteiger partial charge in [0.05, 0.1) is 11.4 Å². The van der Waals surface area contributed by atoms with E-state index in [0.717, 1.165) is 17.7 Å². The third kappa shape index (κ3) is 6.11. The van der Waals surface area contributed by atoms with E-state index in [1.54, 1.807) is 35.2 Å². The summed E-state index contributed by atoms with van der Waals surface area (Å²) in [5, 5.41) is 15.1. The lowest BCUT2D eigenvalue weighted by Crippen LogP contribution is -2.42. The monoisotopic (exact) mass is 471 g/mol. The number of hydrogen-bond acceptors (Lipinski definition) is 5. The first-order chi connectivity index (χ1) is 15.2.